The lowest BCUT2D eigenvalue weighted by molar-refractivity contribution is -0.131. The molecular formula is C20H26N4O. The van der Waals surface area contributed by atoms with Crippen molar-refractivity contribution < 1.29 is 4.79 Å². The number of amides is 1. The number of benzene rings is 1. The Labute approximate surface area is 149 Å². The fourth-order valence-corrected chi connectivity index (χ4v) is 4.44. The van der Waals surface area contributed by atoms with Gasteiger partial charge in [-0.2, -0.15) is 5.10 Å². The van der Waals surface area contributed by atoms with Crippen molar-refractivity contribution in [2.75, 3.05) is 19.6 Å². The zero-order valence-corrected chi connectivity index (χ0v) is 14.8. The summed E-state index contributed by atoms with van der Waals surface area (Å²) in [6.07, 6.45) is 7.71. The van der Waals surface area contributed by atoms with E-state index in [1.54, 1.807) is 6.20 Å². The predicted octanol–water partition coefficient (Wildman–Crippen LogP) is 2.41. The molecule has 1 N–H and O–H groups in total. The predicted molar refractivity (Wildman–Crippen MR) is 97.6 cm³/mol. The summed E-state index contributed by atoms with van der Waals surface area (Å²) < 4.78 is 1.83. The molecule has 2 aromatic rings. The highest BCUT2D eigenvalue weighted by Crippen LogP contribution is 2.41. The van der Waals surface area contributed by atoms with Gasteiger partial charge in [-0.15, -0.1) is 0 Å². The number of nitrogens with one attached hydrogen (secondary N) is 1. The average Bonchev–Trinajstić information content (AvgIpc) is 3.25. The summed E-state index contributed by atoms with van der Waals surface area (Å²) in [6, 6.07) is 10.4. The summed E-state index contributed by atoms with van der Waals surface area (Å²) >= 11 is 0. The van der Waals surface area contributed by atoms with Crippen LogP contribution >= 0.6 is 0 Å². The molecule has 1 atom stereocenters. The lowest BCUT2D eigenvalue weighted by Gasteiger charge is -2.33. The summed E-state index contributed by atoms with van der Waals surface area (Å²) in [4.78, 5) is 15.0. The molecule has 3 heterocycles. The summed E-state index contributed by atoms with van der Waals surface area (Å²) in [6.45, 7) is 5.31. The van der Waals surface area contributed by atoms with Crippen molar-refractivity contribution in [2.24, 2.45) is 5.41 Å². The van der Waals surface area contributed by atoms with E-state index < -0.39 is 0 Å². The van der Waals surface area contributed by atoms with Crippen molar-refractivity contribution in [3.05, 3.63) is 48.3 Å². The van der Waals surface area contributed by atoms with E-state index in [4.69, 9.17) is 0 Å². The van der Waals surface area contributed by atoms with E-state index in [0.717, 1.165) is 37.3 Å². The smallest absolute Gasteiger partial charge is 0.227 e. The van der Waals surface area contributed by atoms with Crippen LogP contribution in [0.25, 0.3) is 5.69 Å². The minimum absolute atomic E-state index is 0.259. The molecule has 4 rings (SSSR count). The van der Waals surface area contributed by atoms with Gasteiger partial charge in [0, 0.05) is 25.0 Å². The number of likely N-dealkylation sites (tertiary alicyclic amines) is 1. The van der Waals surface area contributed by atoms with Gasteiger partial charge in [-0.1, -0.05) is 12.1 Å². The van der Waals surface area contributed by atoms with Crippen LogP contribution in [0.2, 0.25) is 0 Å². The highest BCUT2D eigenvalue weighted by Gasteiger charge is 2.44. The molecule has 0 saturated carbocycles. The molecule has 5 nitrogen and oxygen atoms in total. The molecule has 2 aliphatic rings. The first-order valence-electron chi connectivity index (χ1n) is 9.24. The van der Waals surface area contributed by atoms with Gasteiger partial charge in [-0.25, -0.2) is 4.68 Å². The number of carbonyl (C=O) groups is 1. The maximum absolute atomic E-state index is 12.9. The normalized spacial score (nSPS) is 22.4. The molecule has 1 aromatic heterocycles. The zero-order chi connectivity index (χ0) is 17.3. The van der Waals surface area contributed by atoms with Crippen LogP contribution in [-0.4, -0.2) is 46.3 Å². The number of nitrogens with zero attached hydrogens (tertiary/aromatic N) is 3. The summed E-state index contributed by atoms with van der Waals surface area (Å²) in [5, 5.41) is 7.68. The second-order valence-corrected chi connectivity index (χ2v) is 7.62. The van der Waals surface area contributed by atoms with E-state index >= 15 is 0 Å². The quantitative estimate of drug-likeness (QED) is 0.935. The monoisotopic (exact) mass is 338 g/mol. The topological polar surface area (TPSA) is 50.2 Å². The first-order valence-corrected chi connectivity index (χ1v) is 9.24. The third-order valence-electron chi connectivity index (χ3n) is 5.81. The van der Waals surface area contributed by atoms with Crippen molar-refractivity contribution >= 4 is 5.91 Å². The maximum atomic E-state index is 12.9. The Kier molecular flexibility index (Phi) is 4.34. The molecule has 2 fully saturated rings. The molecule has 2 aliphatic heterocycles. The zero-order valence-electron chi connectivity index (χ0n) is 14.8. The molecule has 0 radical (unpaired) electrons. The largest absolute Gasteiger partial charge is 0.339 e. The number of hydrogen-bond donors (Lipinski definition) is 1. The van der Waals surface area contributed by atoms with Gasteiger partial charge in [0.2, 0.25) is 5.91 Å². The second-order valence-electron chi connectivity index (χ2n) is 7.62. The van der Waals surface area contributed by atoms with Crippen molar-refractivity contribution in [2.45, 2.75) is 38.6 Å². The molecule has 1 unspecified atom stereocenters. The van der Waals surface area contributed by atoms with E-state index in [-0.39, 0.29) is 5.91 Å². The molecule has 1 spiro atoms. The van der Waals surface area contributed by atoms with Gasteiger partial charge in [-0.3, -0.25) is 4.79 Å². The highest BCUT2D eigenvalue weighted by molar-refractivity contribution is 5.79. The average molecular weight is 338 g/mol. The Morgan fingerprint density at radius 3 is 2.72 bits per heavy atom. The third kappa shape index (κ3) is 3.33. The molecule has 0 aliphatic carbocycles. The Morgan fingerprint density at radius 1 is 1.28 bits per heavy atom. The van der Waals surface area contributed by atoms with Crippen LogP contribution in [0.15, 0.2) is 42.7 Å². The SMILES string of the molecule is CC1CC2(CCNCC2)CN1C(=O)Cc1ccc(-n2cccn2)cc1. The van der Waals surface area contributed by atoms with Crippen LogP contribution in [0.3, 0.4) is 0 Å². The number of rotatable bonds is 3. The first kappa shape index (κ1) is 16.3. The maximum Gasteiger partial charge on any atom is 0.227 e. The van der Waals surface area contributed by atoms with Crippen molar-refractivity contribution in [3.8, 4) is 5.69 Å². The second kappa shape index (κ2) is 6.64. The van der Waals surface area contributed by atoms with Crippen LogP contribution in [-0.2, 0) is 11.2 Å². The van der Waals surface area contributed by atoms with Crippen LogP contribution in [0.4, 0.5) is 0 Å². The van der Waals surface area contributed by atoms with Gasteiger partial charge in [0.05, 0.1) is 12.1 Å². The van der Waals surface area contributed by atoms with Crippen LogP contribution in [0.5, 0.6) is 0 Å². The molecule has 132 valence electrons. The summed E-state index contributed by atoms with van der Waals surface area (Å²) in [7, 11) is 0. The number of piperidine rings is 1. The highest BCUT2D eigenvalue weighted by atomic mass is 16.2. The lowest BCUT2D eigenvalue weighted by atomic mass is 9.77. The van der Waals surface area contributed by atoms with Gasteiger partial charge in [0.1, 0.15) is 0 Å². The van der Waals surface area contributed by atoms with Crippen molar-refractivity contribution in [3.63, 3.8) is 0 Å². The number of hydrogen-bond acceptors (Lipinski definition) is 3. The van der Waals surface area contributed by atoms with E-state index in [1.165, 1.54) is 12.8 Å². The number of carbonyl (C=O) groups excluding carboxylic acids is 1. The molecule has 5 heteroatoms. The first-order chi connectivity index (χ1) is 12.2. The Morgan fingerprint density at radius 2 is 2.04 bits per heavy atom. The molecule has 25 heavy (non-hydrogen) atoms. The van der Waals surface area contributed by atoms with Gasteiger partial charge in [0.25, 0.3) is 0 Å². The minimum atomic E-state index is 0.259. The van der Waals surface area contributed by atoms with Gasteiger partial charge in [0.15, 0.2) is 0 Å². The van der Waals surface area contributed by atoms with Crippen LogP contribution in [0.1, 0.15) is 31.7 Å². The van der Waals surface area contributed by atoms with Crippen molar-refractivity contribution in [1.29, 1.82) is 0 Å². The Bertz CT molecular complexity index is 717. The molecule has 1 aromatic carbocycles. The summed E-state index contributed by atoms with van der Waals surface area (Å²) in [5.74, 6) is 0.259. The Balaban J connectivity index is 1.41. The molecular weight excluding hydrogens is 312 g/mol. The molecule has 2 saturated heterocycles. The van der Waals surface area contributed by atoms with Gasteiger partial charge < -0.3 is 10.2 Å². The fourth-order valence-electron chi connectivity index (χ4n) is 4.44. The van der Waals surface area contributed by atoms with Gasteiger partial charge in [-0.05, 0) is 68.5 Å². The van der Waals surface area contributed by atoms with Gasteiger partial charge >= 0.3 is 0 Å². The van der Waals surface area contributed by atoms with Crippen LogP contribution in [0, 0.1) is 5.41 Å². The minimum Gasteiger partial charge on any atom is -0.339 e. The summed E-state index contributed by atoms with van der Waals surface area (Å²) in [5.41, 5.74) is 2.44. The van der Waals surface area contributed by atoms with E-state index in [1.807, 2.05) is 41.2 Å². The van der Waals surface area contributed by atoms with E-state index in [2.05, 4.69) is 22.2 Å². The van der Waals surface area contributed by atoms with E-state index in [9.17, 15) is 4.79 Å². The van der Waals surface area contributed by atoms with Crippen molar-refractivity contribution in [1.82, 2.24) is 20.0 Å². The Hall–Kier alpha value is -2.14. The lowest BCUT2D eigenvalue weighted by Crippen LogP contribution is -2.40. The molecule has 0 bridgehead atoms. The third-order valence-corrected chi connectivity index (χ3v) is 5.81. The van der Waals surface area contributed by atoms with Crippen LogP contribution < -0.4 is 5.32 Å². The fraction of sp³-hybridized carbons (Fsp3) is 0.500. The standard InChI is InChI=1S/C20H26N4O/c1-16-14-20(7-10-21-11-8-20)15-23(16)19(25)13-17-3-5-18(6-4-17)24-12-2-9-22-24/h2-6,9,12,16,21H,7-8,10-11,13-15H2,1H3. The molecule has 1 amide bonds. The van der Waals surface area contributed by atoms with E-state index in [0.29, 0.717) is 17.9 Å². The number of aromatic nitrogens is 2.